The van der Waals surface area contributed by atoms with Gasteiger partial charge in [0, 0.05) is 13.7 Å². The van der Waals surface area contributed by atoms with Crippen LogP contribution in [0.1, 0.15) is 16.8 Å². The van der Waals surface area contributed by atoms with Crippen LogP contribution in [0.25, 0.3) is 0 Å². The molecule has 0 aliphatic rings. The van der Waals surface area contributed by atoms with Crippen LogP contribution in [0.15, 0.2) is 24.3 Å². The minimum atomic E-state index is -0.136. The van der Waals surface area contributed by atoms with Gasteiger partial charge in [-0.1, -0.05) is 12.1 Å². The molecule has 1 N–H and O–H groups in total. The number of benzene rings is 1. The number of rotatable bonds is 8. The molecule has 0 aromatic heterocycles. The summed E-state index contributed by atoms with van der Waals surface area (Å²) in [5.41, 5.74) is 0.546. The molecule has 0 heterocycles. The summed E-state index contributed by atoms with van der Waals surface area (Å²) in [6.45, 7) is 0.508. The standard InChI is InChI=1S/C14H21NO3S/c1-17-11(8-9-19-3)10-15-14(16)12-6-4-5-7-13(12)18-2/h4-7,11H,8-10H2,1-3H3,(H,15,16). The summed E-state index contributed by atoms with van der Waals surface area (Å²) in [7, 11) is 3.22. The minimum absolute atomic E-state index is 0.0473. The maximum Gasteiger partial charge on any atom is 0.255 e. The van der Waals surface area contributed by atoms with Crippen LogP contribution in [0, 0.1) is 0 Å². The Hall–Kier alpha value is -1.20. The second-order valence-electron chi connectivity index (χ2n) is 4.05. The van der Waals surface area contributed by atoms with Gasteiger partial charge in [-0.05, 0) is 30.6 Å². The Labute approximate surface area is 118 Å². The van der Waals surface area contributed by atoms with Crippen molar-refractivity contribution >= 4 is 17.7 Å². The monoisotopic (exact) mass is 283 g/mol. The molecule has 4 nitrogen and oxygen atoms in total. The summed E-state index contributed by atoms with van der Waals surface area (Å²) >= 11 is 1.77. The number of hydrogen-bond acceptors (Lipinski definition) is 4. The zero-order valence-corrected chi connectivity index (χ0v) is 12.5. The van der Waals surface area contributed by atoms with Gasteiger partial charge >= 0.3 is 0 Å². The van der Waals surface area contributed by atoms with Crippen LogP contribution in [0.5, 0.6) is 5.75 Å². The highest BCUT2D eigenvalue weighted by Gasteiger charge is 2.13. The number of methoxy groups -OCH3 is 2. The molecule has 0 fully saturated rings. The van der Waals surface area contributed by atoms with Crippen molar-refractivity contribution in [2.24, 2.45) is 0 Å². The molecule has 0 radical (unpaired) electrons. The van der Waals surface area contributed by atoms with Gasteiger partial charge in [0.1, 0.15) is 5.75 Å². The Morgan fingerprint density at radius 3 is 2.74 bits per heavy atom. The molecule has 0 aliphatic heterocycles. The van der Waals surface area contributed by atoms with E-state index >= 15 is 0 Å². The summed E-state index contributed by atoms with van der Waals surface area (Å²) in [6, 6.07) is 7.18. The molecule has 1 unspecified atom stereocenters. The van der Waals surface area contributed by atoms with Crippen molar-refractivity contribution in [2.45, 2.75) is 12.5 Å². The van der Waals surface area contributed by atoms with E-state index in [1.54, 1.807) is 38.1 Å². The van der Waals surface area contributed by atoms with Gasteiger partial charge in [0.05, 0.1) is 18.8 Å². The summed E-state index contributed by atoms with van der Waals surface area (Å²) in [5.74, 6) is 1.46. The maximum absolute atomic E-state index is 12.1. The summed E-state index contributed by atoms with van der Waals surface area (Å²) in [6.07, 6.45) is 3.02. The van der Waals surface area contributed by atoms with Crippen LogP contribution in [0.2, 0.25) is 0 Å². The van der Waals surface area contributed by atoms with Gasteiger partial charge in [0.15, 0.2) is 0 Å². The lowest BCUT2D eigenvalue weighted by atomic mass is 10.2. The van der Waals surface area contributed by atoms with Crippen LogP contribution in [0.3, 0.4) is 0 Å². The molecule has 1 aromatic rings. The van der Waals surface area contributed by atoms with Crippen LogP contribution < -0.4 is 10.1 Å². The molecule has 0 bridgehead atoms. The number of ether oxygens (including phenoxy) is 2. The summed E-state index contributed by atoms with van der Waals surface area (Å²) < 4.78 is 10.5. The third kappa shape index (κ3) is 5.12. The summed E-state index contributed by atoms with van der Waals surface area (Å²) in [4.78, 5) is 12.1. The predicted molar refractivity (Wildman–Crippen MR) is 79.1 cm³/mol. The quantitative estimate of drug-likeness (QED) is 0.794. The van der Waals surface area contributed by atoms with Gasteiger partial charge in [0.2, 0.25) is 0 Å². The van der Waals surface area contributed by atoms with Crippen LogP contribution in [0.4, 0.5) is 0 Å². The number of hydrogen-bond donors (Lipinski definition) is 1. The van der Waals surface area contributed by atoms with E-state index in [4.69, 9.17) is 9.47 Å². The molecule has 1 amide bonds. The Bertz CT molecular complexity index is 398. The molecule has 19 heavy (non-hydrogen) atoms. The van der Waals surface area contributed by atoms with Crippen LogP contribution in [-0.4, -0.2) is 44.8 Å². The van der Waals surface area contributed by atoms with Crippen molar-refractivity contribution in [3.63, 3.8) is 0 Å². The van der Waals surface area contributed by atoms with E-state index in [-0.39, 0.29) is 12.0 Å². The van der Waals surface area contributed by atoms with Crippen molar-refractivity contribution in [1.29, 1.82) is 0 Å². The topological polar surface area (TPSA) is 47.6 Å². The Balaban J connectivity index is 2.54. The molecular weight excluding hydrogens is 262 g/mol. The summed E-state index contributed by atoms with van der Waals surface area (Å²) in [5, 5.41) is 2.88. The van der Waals surface area contributed by atoms with Gasteiger partial charge in [-0.3, -0.25) is 4.79 Å². The average Bonchev–Trinajstić information content (AvgIpc) is 2.47. The molecule has 1 atom stereocenters. The number of thioether (sulfide) groups is 1. The lowest BCUT2D eigenvalue weighted by Crippen LogP contribution is -2.33. The number of carbonyl (C=O) groups excluding carboxylic acids is 1. The first kappa shape index (κ1) is 15.9. The van der Waals surface area contributed by atoms with Gasteiger partial charge in [0.25, 0.3) is 5.91 Å². The number of nitrogens with one attached hydrogen (secondary N) is 1. The lowest BCUT2D eigenvalue weighted by Gasteiger charge is -2.16. The molecule has 1 rings (SSSR count). The molecular formula is C14H21NO3S. The third-order valence-corrected chi connectivity index (χ3v) is 3.46. The van der Waals surface area contributed by atoms with Crippen LogP contribution >= 0.6 is 11.8 Å². The molecule has 0 saturated heterocycles. The zero-order chi connectivity index (χ0) is 14.1. The first-order chi connectivity index (χ1) is 9.22. The predicted octanol–water partition coefficient (Wildman–Crippen LogP) is 2.19. The highest BCUT2D eigenvalue weighted by Crippen LogP contribution is 2.16. The van der Waals surface area contributed by atoms with E-state index in [9.17, 15) is 4.79 Å². The highest BCUT2D eigenvalue weighted by molar-refractivity contribution is 7.98. The van der Waals surface area contributed by atoms with E-state index in [0.717, 1.165) is 12.2 Å². The van der Waals surface area contributed by atoms with Crippen molar-refractivity contribution in [3.8, 4) is 5.75 Å². The molecule has 5 heteroatoms. The highest BCUT2D eigenvalue weighted by atomic mass is 32.2. The first-order valence-corrected chi connectivity index (χ1v) is 7.55. The van der Waals surface area contributed by atoms with Crippen molar-refractivity contribution in [3.05, 3.63) is 29.8 Å². The number of amides is 1. The second kappa shape index (κ2) is 8.82. The maximum atomic E-state index is 12.1. The van der Waals surface area contributed by atoms with Crippen LogP contribution in [-0.2, 0) is 4.74 Å². The Morgan fingerprint density at radius 2 is 2.11 bits per heavy atom. The molecule has 0 aliphatic carbocycles. The smallest absolute Gasteiger partial charge is 0.255 e. The Kier molecular flexibility index (Phi) is 7.36. The SMILES string of the molecule is COc1ccccc1C(=O)NCC(CCSC)OC. The number of carbonyl (C=O) groups is 1. The van der Waals surface area contributed by atoms with Crippen molar-refractivity contribution < 1.29 is 14.3 Å². The van der Waals surface area contributed by atoms with E-state index in [2.05, 4.69) is 11.6 Å². The molecule has 106 valence electrons. The van der Waals surface area contributed by atoms with Gasteiger partial charge in [-0.2, -0.15) is 11.8 Å². The van der Waals surface area contributed by atoms with E-state index in [1.807, 2.05) is 12.1 Å². The molecule has 0 saturated carbocycles. The van der Waals surface area contributed by atoms with Gasteiger partial charge < -0.3 is 14.8 Å². The van der Waals surface area contributed by atoms with Crippen molar-refractivity contribution in [1.82, 2.24) is 5.32 Å². The van der Waals surface area contributed by atoms with Gasteiger partial charge in [-0.25, -0.2) is 0 Å². The largest absolute Gasteiger partial charge is 0.496 e. The van der Waals surface area contributed by atoms with E-state index < -0.39 is 0 Å². The lowest BCUT2D eigenvalue weighted by molar-refractivity contribution is 0.0817. The fraction of sp³-hybridized carbons (Fsp3) is 0.500. The van der Waals surface area contributed by atoms with E-state index in [1.165, 1.54) is 0 Å². The molecule has 0 spiro atoms. The number of para-hydroxylation sites is 1. The third-order valence-electron chi connectivity index (χ3n) is 2.82. The fourth-order valence-corrected chi connectivity index (χ4v) is 2.19. The normalized spacial score (nSPS) is 11.9. The Morgan fingerprint density at radius 1 is 1.37 bits per heavy atom. The second-order valence-corrected chi connectivity index (χ2v) is 5.04. The average molecular weight is 283 g/mol. The first-order valence-electron chi connectivity index (χ1n) is 6.15. The fourth-order valence-electron chi connectivity index (χ4n) is 1.69. The van der Waals surface area contributed by atoms with E-state index in [0.29, 0.717) is 17.9 Å². The molecule has 1 aromatic carbocycles. The zero-order valence-electron chi connectivity index (χ0n) is 11.6. The minimum Gasteiger partial charge on any atom is -0.496 e. The van der Waals surface area contributed by atoms with Gasteiger partial charge in [-0.15, -0.1) is 0 Å². The van der Waals surface area contributed by atoms with Crippen molar-refractivity contribution in [2.75, 3.05) is 32.8 Å².